The molecule has 1 unspecified atom stereocenters. The number of carbonyl (C=O) groups excluding carboxylic acids is 1. The summed E-state index contributed by atoms with van der Waals surface area (Å²) in [5.41, 5.74) is 2.18. The summed E-state index contributed by atoms with van der Waals surface area (Å²) in [6.45, 7) is 4.47. The Morgan fingerprint density at radius 2 is 2.00 bits per heavy atom. The van der Waals surface area contributed by atoms with Crippen molar-refractivity contribution in [3.8, 4) is 0 Å². The summed E-state index contributed by atoms with van der Waals surface area (Å²) in [5.74, 6) is -0.136. The third-order valence-corrected chi connectivity index (χ3v) is 4.54. The van der Waals surface area contributed by atoms with Crippen molar-refractivity contribution in [2.24, 2.45) is 0 Å². The molecule has 1 amide bonds. The Bertz CT molecular complexity index is 558. The van der Waals surface area contributed by atoms with Crippen LogP contribution in [0, 0.1) is 13.8 Å². The highest BCUT2D eigenvalue weighted by Gasteiger charge is 2.14. The highest BCUT2D eigenvalue weighted by molar-refractivity contribution is 7.14. The van der Waals surface area contributed by atoms with Crippen LogP contribution < -0.4 is 5.32 Å². The average molecular weight is 289 g/mol. The second kappa shape index (κ2) is 6.68. The Morgan fingerprint density at radius 1 is 1.30 bits per heavy atom. The van der Waals surface area contributed by atoms with Crippen LogP contribution >= 0.6 is 11.3 Å². The van der Waals surface area contributed by atoms with Crippen LogP contribution in [0.4, 0.5) is 0 Å². The van der Waals surface area contributed by atoms with Gasteiger partial charge in [0.1, 0.15) is 0 Å². The zero-order valence-corrected chi connectivity index (χ0v) is 12.5. The highest BCUT2D eigenvalue weighted by atomic mass is 32.1. The minimum atomic E-state index is -0.0689. The number of aryl methyl sites for hydroxylation is 2. The molecular weight excluding hydrogens is 270 g/mol. The summed E-state index contributed by atoms with van der Waals surface area (Å²) in [6.07, 6.45) is 0. The van der Waals surface area contributed by atoms with E-state index in [1.807, 2.05) is 50.2 Å². The number of nitrogens with one attached hydrogen (secondary N) is 1. The van der Waals surface area contributed by atoms with Crippen molar-refractivity contribution in [2.75, 3.05) is 13.2 Å². The molecule has 1 heterocycles. The number of aliphatic hydroxyl groups is 1. The molecule has 2 N–H and O–H groups in total. The number of aliphatic hydroxyl groups excluding tert-OH is 1. The van der Waals surface area contributed by atoms with E-state index in [0.29, 0.717) is 6.54 Å². The predicted molar refractivity (Wildman–Crippen MR) is 82.4 cm³/mol. The normalized spacial score (nSPS) is 12.2. The molecule has 0 fully saturated rings. The van der Waals surface area contributed by atoms with Gasteiger partial charge in [0.2, 0.25) is 0 Å². The van der Waals surface area contributed by atoms with E-state index in [1.165, 1.54) is 11.3 Å². The van der Waals surface area contributed by atoms with Crippen LogP contribution in [0.1, 0.15) is 31.6 Å². The molecule has 106 valence electrons. The molecule has 1 aromatic carbocycles. The van der Waals surface area contributed by atoms with Crippen molar-refractivity contribution in [1.82, 2.24) is 5.32 Å². The van der Waals surface area contributed by atoms with Crippen molar-refractivity contribution in [2.45, 2.75) is 19.8 Å². The summed E-state index contributed by atoms with van der Waals surface area (Å²) < 4.78 is 0. The molecule has 0 radical (unpaired) electrons. The van der Waals surface area contributed by atoms with Gasteiger partial charge in [0.05, 0.1) is 11.5 Å². The number of thiophene rings is 1. The van der Waals surface area contributed by atoms with E-state index in [4.69, 9.17) is 0 Å². The van der Waals surface area contributed by atoms with E-state index in [9.17, 15) is 9.90 Å². The lowest BCUT2D eigenvalue weighted by Gasteiger charge is -2.15. The topological polar surface area (TPSA) is 49.3 Å². The van der Waals surface area contributed by atoms with Gasteiger partial charge < -0.3 is 10.4 Å². The van der Waals surface area contributed by atoms with E-state index < -0.39 is 0 Å². The van der Waals surface area contributed by atoms with Gasteiger partial charge in [-0.05, 0) is 31.0 Å². The van der Waals surface area contributed by atoms with Crippen LogP contribution in [-0.2, 0) is 0 Å². The van der Waals surface area contributed by atoms with Crippen molar-refractivity contribution >= 4 is 17.2 Å². The van der Waals surface area contributed by atoms with Crippen molar-refractivity contribution in [1.29, 1.82) is 0 Å². The van der Waals surface area contributed by atoms with Gasteiger partial charge in [0.25, 0.3) is 5.91 Å². The van der Waals surface area contributed by atoms with Crippen LogP contribution in [0.5, 0.6) is 0 Å². The van der Waals surface area contributed by atoms with E-state index >= 15 is 0 Å². The Morgan fingerprint density at radius 3 is 2.55 bits per heavy atom. The second-order valence-corrected chi connectivity index (χ2v) is 6.11. The molecule has 2 rings (SSSR count). The van der Waals surface area contributed by atoms with Crippen LogP contribution in [0.15, 0.2) is 36.4 Å². The van der Waals surface area contributed by atoms with E-state index in [-0.39, 0.29) is 18.4 Å². The third-order valence-electron chi connectivity index (χ3n) is 3.39. The molecule has 0 aliphatic rings. The average Bonchev–Trinajstić information content (AvgIpc) is 2.80. The first-order valence-corrected chi connectivity index (χ1v) is 7.44. The lowest BCUT2D eigenvalue weighted by Crippen LogP contribution is -2.29. The fourth-order valence-electron chi connectivity index (χ4n) is 2.00. The van der Waals surface area contributed by atoms with E-state index in [2.05, 4.69) is 5.32 Å². The van der Waals surface area contributed by atoms with Gasteiger partial charge in [-0.3, -0.25) is 4.79 Å². The number of rotatable bonds is 5. The zero-order chi connectivity index (χ0) is 14.5. The summed E-state index contributed by atoms with van der Waals surface area (Å²) in [6, 6.07) is 11.6. The van der Waals surface area contributed by atoms with Crippen molar-refractivity contribution < 1.29 is 9.90 Å². The highest BCUT2D eigenvalue weighted by Crippen LogP contribution is 2.21. The molecule has 0 spiro atoms. The minimum Gasteiger partial charge on any atom is -0.396 e. The maximum Gasteiger partial charge on any atom is 0.261 e. The largest absolute Gasteiger partial charge is 0.396 e. The minimum absolute atomic E-state index is 0.0206. The van der Waals surface area contributed by atoms with Crippen LogP contribution in [0.2, 0.25) is 0 Å². The van der Waals surface area contributed by atoms with Crippen LogP contribution in [0.25, 0.3) is 0 Å². The first kappa shape index (κ1) is 14.8. The molecule has 4 heteroatoms. The Hall–Kier alpha value is -1.65. The Balaban J connectivity index is 1.98. The molecule has 0 bridgehead atoms. The van der Waals surface area contributed by atoms with Gasteiger partial charge >= 0.3 is 0 Å². The number of hydrogen-bond acceptors (Lipinski definition) is 3. The molecule has 20 heavy (non-hydrogen) atoms. The molecular formula is C16H19NO2S. The third kappa shape index (κ3) is 3.46. The second-order valence-electron chi connectivity index (χ2n) is 4.85. The number of benzene rings is 1. The van der Waals surface area contributed by atoms with Crippen LogP contribution in [-0.4, -0.2) is 24.2 Å². The van der Waals surface area contributed by atoms with E-state index in [0.717, 1.165) is 20.9 Å². The standard InChI is InChI=1S/C16H19NO2S/c1-11-8-15(20-12(11)2)16(19)17-9-14(10-18)13-6-4-3-5-7-13/h3-8,14,18H,9-10H2,1-2H3,(H,17,19). The molecule has 0 saturated heterocycles. The maximum absolute atomic E-state index is 12.1. The monoisotopic (exact) mass is 289 g/mol. The summed E-state index contributed by atoms with van der Waals surface area (Å²) in [5, 5.41) is 12.4. The van der Waals surface area contributed by atoms with Crippen LogP contribution in [0.3, 0.4) is 0 Å². The molecule has 1 aromatic heterocycles. The Kier molecular flexibility index (Phi) is 4.93. The number of amides is 1. The van der Waals surface area contributed by atoms with Gasteiger partial charge in [-0.2, -0.15) is 0 Å². The lowest BCUT2D eigenvalue weighted by molar-refractivity contribution is 0.0951. The zero-order valence-electron chi connectivity index (χ0n) is 11.7. The fourth-order valence-corrected chi connectivity index (χ4v) is 2.95. The first-order chi connectivity index (χ1) is 9.61. The smallest absolute Gasteiger partial charge is 0.261 e. The van der Waals surface area contributed by atoms with Gasteiger partial charge in [0, 0.05) is 17.3 Å². The summed E-state index contributed by atoms with van der Waals surface area (Å²) in [7, 11) is 0. The number of carbonyl (C=O) groups is 1. The van der Waals surface area contributed by atoms with Gasteiger partial charge in [-0.25, -0.2) is 0 Å². The lowest BCUT2D eigenvalue weighted by atomic mass is 10.0. The summed E-state index contributed by atoms with van der Waals surface area (Å²) >= 11 is 1.50. The summed E-state index contributed by atoms with van der Waals surface area (Å²) in [4.78, 5) is 14.0. The van der Waals surface area contributed by atoms with Gasteiger partial charge in [-0.15, -0.1) is 11.3 Å². The van der Waals surface area contributed by atoms with Crippen molar-refractivity contribution in [3.63, 3.8) is 0 Å². The molecule has 1 atom stereocenters. The number of hydrogen-bond donors (Lipinski definition) is 2. The first-order valence-electron chi connectivity index (χ1n) is 6.63. The maximum atomic E-state index is 12.1. The quantitative estimate of drug-likeness (QED) is 0.889. The predicted octanol–water partition coefficient (Wildman–Crippen LogP) is 2.87. The SMILES string of the molecule is Cc1cc(C(=O)NCC(CO)c2ccccc2)sc1C. The van der Waals surface area contributed by atoms with Gasteiger partial charge in [-0.1, -0.05) is 30.3 Å². The van der Waals surface area contributed by atoms with Gasteiger partial charge in [0.15, 0.2) is 0 Å². The molecule has 3 nitrogen and oxygen atoms in total. The van der Waals surface area contributed by atoms with E-state index in [1.54, 1.807) is 0 Å². The molecule has 2 aromatic rings. The molecule has 0 saturated carbocycles. The Labute approximate surface area is 123 Å². The fraction of sp³-hybridized carbons (Fsp3) is 0.312. The molecule has 0 aliphatic carbocycles. The molecule has 0 aliphatic heterocycles. The van der Waals surface area contributed by atoms with Crippen molar-refractivity contribution in [3.05, 3.63) is 57.3 Å².